The molecule has 3 heteroatoms. The third-order valence-electron chi connectivity index (χ3n) is 3.74. The first kappa shape index (κ1) is 12.0. The Morgan fingerprint density at radius 3 is 2.89 bits per heavy atom. The topological polar surface area (TPSA) is 44.9 Å². The fourth-order valence-electron chi connectivity index (χ4n) is 2.72. The number of fused-ring (bicyclic) bond motifs is 1. The molecule has 3 nitrogen and oxygen atoms in total. The lowest BCUT2D eigenvalue weighted by atomic mass is 10.1. The Kier molecular flexibility index (Phi) is 3.36. The molecule has 1 aliphatic rings. The van der Waals surface area contributed by atoms with Gasteiger partial charge in [0.2, 0.25) is 5.91 Å². The van der Waals surface area contributed by atoms with Crippen LogP contribution in [0.1, 0.15) is 31.2 Å². The van der Waals surface area contributed by atoms with Crippen molar-refractivity contribution >= 4 is 22.9 Å². The third-order valence-corrected chi connectivity index (χ3v) is 3.74. The minimum absolute atomic E-state index is 0.0113. The lowest BCUT2D eigenvalue weighted by Gasteiger charge is -2.08. The van der Waals surface area contributed by atoms with Crippen LogP contribution in [0.4, 0.5) is 0 Å². The summed E-state index contributed by atoms with van der Waals surface area (Å²) in [5, 5.41) is 4.20. The Hall–Kier alpha value is -2.03. The molecule has 19 heavy (non-hydrogen) atoms. The fraction of sp³-hybridized carbons (Fsp3) is 0.312. The molecule has 1 aliphatic carbocycles. The van der Waals surface area contributed by atoms with Crippen LogP contribution in [0.3, 0.4) is 0 Å². The molecule has 0 unspecified atom stereocenters. The summed E-state index contributed by atoms with van der Waals surface area (Å²) >= 11 is 0. The number of nitrogens with one attached hydrogen (secondary N) is 2. The molecule has 2 aromatic rings. The average Bonchev–Trinajstić information content (AvgIpc) is 3.05. The largest absolute Gasteiger partial charge is 0.361 e. The van der Waals surface area contributed by atoms with Crippen LogP contribution in [0.15, 0.2) is 36.5 Å². The maximum Gasteiger partial charge on any atom is 0.244 e. The Balaban J connectivity index is 1.69. The summed E-state index contributed by atoms with van der Waals surface area (Å²) in [7, 11) is 0. The molecule has 3 rings (SSSR count). The summed E-state index contributed by atoms with van der Waals surface area (Å²) < 4.78 is 0. The number of rotatable bonds is 3. The lowest BCUT2D eigenvalue weighted by molar-refractivity contribution is -0.117. The van der Waals surface area contributed by atoms with E-state index in [-0.39, 0.29) is 5.91 Å². The predicted octanol–water partition coefficient (Wildman–Crippen LogP) is 3.24. The first-order valence-corrected chi connectivity index (χ1v) is 6.87. The average molecular weight is 254 g/mol. The summed E-state index contributed by atoms with van der Waals surface area (Å²) in [6.07, 6.45) is 10.1. The highest BCUT2D eigenvalue weighted by Gasteiger charge is 2.15. The summed E-state index contributed by atoms with van der Waals surface area (Å²) in [5.41, 5.74) is 2.15. The van der Waals surface area contributed by atoms with Crippen LogP contribution in [-0.4, -0.2) is 16.9 Å². The molecule has 1 saturated carbocycles. The van der Waals surface area contributed by atoms with Gasteiger partial charge in [0.05, 0.1) is 0 Å². The maximum absolute atomic E-state index is 11.8. The molecular weight excluding hydrogens is 236 g/mol. The van der Waals surface area contributed by atoms with Crippen LogP contribution in [0.25, 0.3) is 17.0 Å². The Morgan fingerprint density at radius 1 is 1.26 bits per heavy atom. The van der Waals surface area contributed by atoms with Crippen molar-refractivity contribution in [3.8, 4) is 0 Å². The molecule has 0 saturated heterocycles. The van der Waals surface area contributed by atoms with Gasteiger partial charge in [0.1, 0.15) is 0 Å². The summed E-state index contributed by atoms with van der Waals surface area (Å²) in [4.78, 5) is 15.0. The highest BCUT2D eigenvalue weighted by molar-refractivity contribution is 5.96. The van der Waals surface area contributed by atoms with E-state index in [0.29, 0.717) is 6.04 Å². The standard InChI is InChI=1S/C16H18N2O/c19-16(18-13-5-1-2-6-13)10-9-12-11-17-15-8-4-3-7-14(12)15/h3-4,7-11,13,17H,1-2,5-6H2,(H,18,19)/b10-9+. The van der Waals surface area contributed by atoms with Gasteiger partial charge >= 0.3 is 0 Å². The van der Waals surface area contributed by atoms with Gasteiger partial charge in [-0.25, -0.2) is 0 Å². The van der Waals surface area contributed by atoms with Crippen LogP contribution in [0.2, 0.25) is 0 Å². The lowest BCUT2D eigenvalue weighted by Crippen LogP contribution is -2.30. The van der Waals surface area contributed by atoms with Gasteiger partial charge < -0.3 is 10.3 Å². The van der Waals surface area contributed by atoms with E-state index in [2.05, 4.69) is 16.4 Å². The van der Waals surface area contributed by atoms with Gasteiger partial charge in [0, 0.05) is 29.2 Å². The van der Waals surface area contributed by atoms with E-state index >= 15 is 0 Å². The van der Waals surface area contributed by atoms with Crippen molar-refractivity contribution in [2.45, 2.75) is 31.7 Å². The molecule has 0 bridgehead atoms. The van der Waals surface area contributed by atoms with Crippen molar-refractivity contribution < 1.29 is 4.79 Å². The van der Waals surface area contributed by atoms with Crippen LogP contribution >= 0.6 is 0 Å². The van der Waals surface area contributed by atoms with E-state index in [1.807, 2.05) is 30.5 Å². The summed E-state index contributed by atoms with van der Waals surface area (Å²) in [6.45, 7) is 0. The number of H-pyrrole nitrogens is 1. The first-order chi connectivity index (χ1) is 9.33. The molecule has 0 aliphatic heterocycles. The first-order valence-electron chi connectivity index (χ1n) is 6.87. The van der Waals surface area contributed by atoms with E-state index in [4.69, 9.17) is 0 Å². The molecule has 1 aromatic carbocycles. The number of aromatic nitrogens is 1. The maximum atomic E-state index is 11.8. The number of amides is 1. The molecule has 2 N–H and O–H groups in total. The van der Waals surface area contributed by atoms with Crippen LogP contribution < -0.4 is 5.32 Å². The highest BCUT2D eigenvalue weighted by atomic mass is 16.1. The Morgan fingerprint density at radius 2 is 2.05 bits per heavy atom. The minimum Gasteiger partial charge on any atom is -0.361 e. The number of hydrogen-bond donors (Lipinski definition) is 2. The quantitative estimate of drug-likeness (QED) is 0.811. The number of carbonyl (C=O) groups excluding carboxylic acids is 1. The van der Waals surface area contributed by atoms with Gasteiger partial charge in [-0.15, -0.1) is 0 Å². The second kappa shape index (κ2) is 5.31. The smallest absolute Gasteiger partial charge is 0.244 e. The van der Waals surface area contributed by atoms with Crippen molar-refractivity contribution in [1.82, 2.24) is 10.3 Å². The van der Waals surface area contributed by atoms with E-state index < -0.39 is 0 Å². The van der Waals surface area contributed by atoms with Crippen molar-refractivity contribution in [2.75, 3.05) is 0 Å². The zero-order chi connectivity index (χ0) is 13.1. The molecule has 1 heterocycles. The molecule has 1 amide bonds. The number of aromatic amines is 1. The van der Waals surface area contributed by atoms with Gasteiger partial charge in [-0.05, 0) is 30.5 Å². The third kappa shape index (κ3) is 2.70. The molecule has 1 fully saturated rings. The zero-order valence-corrected chi connectivity index (χ0v) is 10.9. The zero-order valence-electron chi connectivity index (χ0n) is 10.9. The molecule has 98 valence electrons. The second-order valence-electron chi connectivity index (χ2n) is 5.11. The van der Waals surface area contributed by atoms with Crippen LogP contribution in [0, 0.1) is 0 Å². The number of para-hydroxylation sites is 1. The van der Waals surface area contributed by atoms with E-state index in [0.717, 1.165) is 29.3 Å². The predicted molar refractivity (Wildman–Crippen MR) is 77.7 cm³/mol. The monoisotopic (exact) mass is 254 g/mol. The van der Waals surface area contributed by atoms with Crippen molar-refractivity contribution in [2.24, 2.45) is 0 Å². The molecule has 1 aromatic heterocycles. The van der Waals surface area contributed by atoms with Crippen molar-refractivity contribution in [1.29, 1.82) is 0 Å². The van der Waals surface area contributed by atoms with E-state index in [1.54, 1.807) is 6.08 Å². The SMILES string of the molecule is O=C(/C=C/c1c[nH]c2ccccc12)NC1CCCC1. The van der Waals surface area contributed by atoms with Gasteiger partial charge in [0.25, 0.3) is 0 Å². The fourth-order valence-corrected chi connectivity index (χ4v) is 2.72. The number of benzene rings is 1. The normalized spacial score (nSPS) is 16.4. The minimum atomic E-state index is 0.0113. The van der Waals surface area contributed by atoms with E-state index in [9.17, 15) is 4.79 Å². The van der Waals surface area contributed by atoms with E-state index in [1.165, 1.54) is 12.8 Å². The van der Waals surface area contributed by atoms with Gasteiger partial charge in [-0.1, -0.05) is 31.0 Å². The Bertz CT molecular complexity index is 606. The van der Waals surface area contributed by atoms with Gasteiger partial charge in [0.15, 0.2) is 0 Å². The summed E-state index contributed by atoms with van der Waals surface area (Å²) in [6, 6.07) is 8.47. The van der Waals surface area contributed by atoms with Crippen LogP contribution in [0.5, 0.6) is 0 Å². The molecular formula is C16H18N2O. The van der Waals surface area contributed by atoms with Crippen molar-refractivity contribution in [3.63, 3.8) is 0 Å². The highest BCUT2D eigenvalue weighted by Crippen LogP contribution is 2.19. The van der Waals surface area contributed by atoms with Gasteiger partial charge in [-0.2, -0.15) is 0 Å². The molecule has 0 spiro atoms. The number of hydrogen-bond acceptors (Lipinski definition) is 1. The second-order valence-corrected chi connectivity index (χ2v) is 5.11. The van der Waals surface area contributed by atoms with Crippen molar-refractivity contribution in [3.05, 3.63) is 42.1 Å². The summed E-state index contributed by atoms with van der Waals surface area (Å²) in [5.74, 6) is 0.0113. The number of carbonyl (C=O) groups is 1. The van der Waals surface area contributed by atoms with Gasteiger partial charge in [-0.3, -0.25) is 4.79 Å². The molecule has 0 radical (unpaired) electrons. The Labute approximate surface area is 112 Å². The van der Waals surface area contributed by atoms with Crippen LogP contribution in [-0.2, 0) is 4.79 Å². The molecule has 0 atom stereocenters.